The number of rotatable bonds is 3. The Hall–Kier alpha value is -2.03. The summed E-state index contributed by atoms with van der Waals surface area (Å²) in [6.07, 6.45) is 1.57. The molecule has 0 aliphatic heterocycles. The van der Waals surface area contributed by atoms with E-state index in [1.54, 1.807) is 12.3 Å². The molecule has 0 bridgehead atoms. The molecule has 1 aromatic heterocycles. The molecule has 2 rings (SSSR count). The Morgan fingerprint density at radius 3 is 2.47 bits per heavy atom. The minimum atomic E-state index is -0.182. The van der Waals surface area contributed by atoms with Crippen LogP contribution in [0.2, 0.25) is 0 Å². The van der Waals surface area contributed by atoms with E-state index < -0.39 is 0 Å². The summed E-state index contributed by atoms with van der Waals surface area (Å²) in [5.41, 5.74) is 3.24. The molecule has 0 fully saturated rings. The molecule has 0 spiro atoms. The van der Waals surface area contributed by atoms with Gasteiger partial charge < -0.3 is 9.73 Å². The van der Waals surface area contributed by atoms with E-state index in [1.165, 1.54) is 5.56 Å². The third kappa shape index (κ3) is 2.97. The zero-order valence-corrected chi connectivity index (χ0v) is 9.99. The lowest BCUT2D eigenvalue weighted by Gasteiger charge is -2.03. The first-order chi connectivity index (χ1) is 8.15. The minimum Gasteiger partial charge on any atom is -0.459 e. The van der Waals surface area contributed by atoms with Crippen molar-refractivity contribution in [2.45, 2.75) is 20.4 Å². The number of carbonyl (C=O) groups is 1. The van der Waals surface area contributed by atoms with Crippen molar-refractivity contribution in [2.75, 3.05) is 0 Å². The van der Waals surface area contributed by atoms with Crippen molar-refractivity contribution < 1.29 is 9.21 Å². The van der Waals surface area contributed by atoms with Gasteiger partial charge in [-0.25, -0.2) is 0 Å². The van der Waals surface area contributed by atoms with Crippen LogP contribution in [0.15, 0.2) is 41.0 Å². The van der Waals surface area contributed by atoms with Crippen molar-refractivity contribution in [1.29, 1.82) is 0 Å². The molecule has 1 heterocycles. The van der Waals surface area contributed by atoms with E-state index >= 15 is 0 Å². The molecule has 88 valence electrons. The van der Waals surface area contributed by atoms with E-state index in [0.29, 0.717) is 12.3 Å². The van der Waals surface area contributed by atoms with Crippen molar-refractivity contribution >= 4 is 5.91 Å². The summed E-state index contributed by atoms with van der Waals surface area (Å²) in [6.45, 7) is 4.44. The molecule has 0 aliphatic carbocycles. The van der Waals surface area contributed by atoms with Crippen molar-refractivity contribution in [3.8, 4) is 0 Å². The Morgan fingerprint density at radius 1 is 1.18 bits per heavy atom. The molecule has 0 saturated heterocycles. The van der Waals surface area contributed by atoms with Crippen LogP contribution in [0.1, 0.15) is 27.2 Å². The summed E-state index contributed by atoms with van der Waals surface area (Å²) in [4.78, 5) is 11.7. The fourth-order valence-electron chi connectivity index (χ4n) is 1.53. The Morgan fingerprint density at radius 2 is 1.88 bits per heavy atom. The quantitative estimate of drug-likeness (QED) is 0.879. The molecule has 3 heteroatoms. The van der Waals surface area contributed by atoms with E-state index in [4.69, 9.17) is 4.42 Å². The van der Waals surface area contributed by atoms with Crippen LogP contribution >= 0.6 is 0 Å². The second-order valence-corrected chi connectivity index (χ2v) is 4.16. The van der Waals surface area contributed by atoms with Gasteiger partial charge in [-0.3, -0.25) is 4.79 Å². The van der Waals surface area contributed by atoms with Crippen LogP contribution in [0.3, 0.4) is 0 Å². The maximum absolute atomic E-state index is 11.7. The van der Waals surface area contributed by atoms with Crippen LogP contribution in [-0.4, -0.2) is 5.91 Å². The van der Waals surface area contributed by atoms with Gasteiger partial charge in [0.2, 0.25) is 0 Å². The Kier molecular flexibility index (Phi) is 3.28. The van der Waals surface area contributed by atoms with Crippen molar-refractivity contribution in [1.82, 2.24) is 5.32 Å². The van der Waals surface area contributed by atoms with Gasteiger partial charge in [-0.2, -0.15) is 0 Å². The first-order valence-corrected chi connectivity index (χ1v) is 5.54. The van der Waals surface area contributed by atoms with Crippen LogP contribution in [0.5, 0.6) is 0 Å². The van der Waals surface area contributed by atoms with E-state index in [0.717, 1.165) is 11.1 Å². The molecule has 1 amide bonds. The van der Waals surface area contributed by atoms with Gasteiger partial charge in [0.15, 0.2) is 5.76 Å². The van der Waals surface area contributed by atoms with E-state index in [2.05, 4.69) is 5.32 Å². The smallest absolute Gasteiger partial charge is 0.287 e. The second kappa shape index (κ2) is 4.87. The monoisotopic (exact) mass is 229 g/mol. The number of hydrogen-bond donors (Lipinski definition) is 1. The lowest BCUT2D eigenvalue weighted by molar-refractivity contribution is 0.0923. The molecule has 1 aromatic carbocycles. The maximum atomic E-state index is 11.7. The summed E-state index contributed by atoms with van der Waals surface area (Å²) < 4.78 is 5.12. The normalized spacial score (nSPS) is 10.2. The lowest BCUT2D eigenvalue weighted by Crippen LogP contribution is -2.22. The van der Waals surface area contributed by atoms with Gasteiger partial charge >= 0.3 is 0 Å². The van der Waals surface area contributed by atoms with Gasteiger partial charge in [0.25, 0.3) is 5.91 Å². The number of hydrogen-bond acceptors (Lipinski definition) is 2. The van der Waals surface area contributed by atoms with Gasteiger partial charge in [-0.1, -0.05) is 29.8 Å². The highest BCUT2D eigenvalue weighted by Gasteiger charge is 2.08. The zero-order chi connectivity index (χ0) is 12.3. The number of amides is 1. The first kappa shape index (κ1) is 11.5. The molecule has 1 N–H and O–H groups in total. The van der Waals surface area contributed by atoms with Gasteiger partial charge in [-0.05, 0) is 31.0 Å². The predicted octanol–water partition coefficient (Wildman–Crippen LogP) is 2.83. The highest BCUT2D eigenvalue weighted by atomic mass is 16.3. The standard InChI is InChI=1S/C14H15NO2/c1-10-3-5-12(6-4-10)8-15-14(16)13-7-11(2)9-17-13/h3-7,9H,8H2,1-2H3,(H,15,16). The third-order valence-corrected chi connectivity index (χ3v) is 2.53. The van der Waals surface area contributed by atoms with E-state index in [-0.39, 0.29) is 5.91 Å². The third-order valence-electron chi connectivity index (χ3n) is 2.53. The highest BCUT2D eigenvalue weighted by Crippen LogP contribution is 2.07. The summed E-state index contributed by atoms with van der Waals surface area (Å²) in [6, 6.07) is 9.79. The summed E-state index contributed by atoms with van der Waals surface area (Å²) in [5.74, 6) is 0.174. The van der Waals surface area contributed by atoms with Crippen molar-refractivity contribution in [3.05, 3.63) is 59.0 Å². The number of furan rings is 1. The molecule has 2 aromatic rings. The maximum Gasteiger partial charge on any atom is 0.287 e. The summed E-state index contributed by atoms with van der Waals surface area (Å²) in [7, 11) is 0. The first-order valence-electron chi connectivity index (χ1n) is 5.54. The van der Waals surface area contributed by atoms with Gasteiger partial charge in [0.05, 0.1) is 6.26 Å². The Labute approximate surface area is 100 Å². The average Bonchev–Trinajstić information content (AvgIpc) is 2.75. The molecule has 0 saturated carbocycles. The van der Waals surface area contributed by atoms with Crippen molar-refractivity contribution in [2.24, 2.45) is 0 Å². The molecule has 0 aliphatic rings. The van der Waals surface area contributed by atoms with Crippen molar-refractivity contribution in [3.63, 3.8) is 0 Å². The number of aryl methyl sites for hydroxylation is 2. The zero-order valence-electron chi connectivity index (χ0n) is 9.99. The highest BCUT2D eigenvalue weighted by molar-refractivity contribution is 5.91. The van der Waals surface area contributed by atoms with E-state index in [1.807, 2.05) is 38.1 Å². The molecule has 17 heavy (non-hydrogen) atoms. The van der Waals surface area contributed by atoms with Crippen LogP contribution < -0.4 is 5.32 Å². The minimum absolute atomic E-state index is 0.182. The average molecular weight is 229 g/mol. The number of carbonyl (C=O) groups excluding carboxylic acids is 1. The topological polar surface area (TPSA) is 42.2 Å². The lowest BCUT2D eigenvalue weighted by atomic mass is 10.1. The van der Waals surface area contributed by atoms with Crippen LogP contribution in [-0.2, 0) is 6.54 Å². The molecule has 0 radical (unpaired) electrons. The number of benzene rings is 1. The van der Waals surface area contributed by atoms with Gasteiger partial charge in [0, 0.05) is 6.54 Å². The Bertz CT molecular complexity index is 511. The summed E-state index contributed by atoms with van der Waals surface area (Å²) in [5, 5.41) is 2.82. The molecular weight excluding hydrogens is 214 g/mol. The molecule has 3 nitrogen and oxygen atoms in total. The van der Waals surface area contributed by atoms with Gasteiger partial charge in [-0.15, -0.1) is 0 Å². The van der Waals surface area contributed by atoms with Crippen LogP contribution in [0, 0.1) is 13.8 Å². The largest absolute Gasteiger partial charge is 0.459 e. The fraction of sp³-hybridized carbons (Fsp3) is 0.214. The van der Waals surface area contributed by atoms with Crippen LogP contribution in [0.25, 0.3) is 0 Å². The predicted molar refractivity (Wildman–Crippen MR) is 65.8 cm³/mol. The molecule has 0 unspecified atom stereocenters. The van der Waals surface area contributed by atoms with Gasteiger partial charge in [0.1, 0.15) is 0 Å². The number of nitrogens with one attached hydrogen (secondary N) is 1. The SMILES string of the molecule is Cc1ccc(CNC(=O)c2cc(C)co2)cc1. The van der Waals surface area contributed by atoms with E-state index in [9.17, 15) is 4.79 Å². The fourth-order valence-corrected chi connectivity index (χ4v) is 1.53. The summed E-state index contributed by atoms with van der Waals surface area (Å²) >= 11 is 0. The second-order valence-electron chi connectivity index (χ2n) is 4.16. The molecular formula is C14H15NO2. The Balaban J connectivity index is 1.94. The molecule has 0 atom stereocenters. The van der Waals surface area contributed by atoms with Crippen LogP contribution in [0.4, 0.5) is 0 Å².